The molecule has 204 valence electrons. The molecule has 0 spiro atoms. The van der Waals surface area contributed by atoms with Gasteiger partial charge < -0.3 is 10.6 Å². The van der Waals surface area contributed by atoms with Crippen LogP contribution in [0.5, 0.6) is 0 Å². The van der Waals surface area contributed by atoms with Crippen molar-refractivity contribution in [2.45, 2.75) is 30.6 Å². The summed E-state index contributed by atoms with van der Waals surface area (Å²) in [5.74, 6) is 2.23. The molecule has 1 heterocycles. The van der Waals surface area contributed by atoms with Gasteiger partial charge in [-0.05, 0) is 84.7 Å². The number of rotatable bonds is 9. The van der Waals surface area contributed by atoms with Gasteiger partial charge in [0.25, 0.3) is 0 Å². The van der Waals surface area contributed by atoms with Crippen LogP contribution < -0.4 is 15.4 Å². The van der Waals surface area contributed by atoms with E-state index in [1.165, 1.54) is 0 Å². The predicted octanol–water partition coefficient (Wildman–Crippen LogP) is 6.72. The molecule has 4 aromatic carbocycles. The van der Waals surface area contributed by atoms with Gasteiger partial charge in [0.15, 0.2) is 0 Å². The van der Waals surface area contributed by atoms with Gasteiger partial charge in [-0.3, -0.25) is 0 Å². The number of hydrogen-bond donors (Lipinski definition) is 3. The van der Waals surface area contributed by atoms with Gasteiger partial charge in [0.05, 0.1) is 10.4 Å². The van der Waals surface area contributed by atoms with Crippen molar-refractivity contribution in [3.05, 3.63) is 97.1 Å². The lowest BCUT2D eigenvalue weighted by Crippen LogP contribution is -2.32. The van der Waals surface area contributed by atoms with Crippen LogP contribution in [-0.4, -0.2) is 31.5 Å². The van der Waals surface area contributed by atoms with Crippen LogP contribution in [0.2, 0.25) is 0 Å². The highest BCUT2D eigenvalue weighted by Crippen LogP contribution is 2.30. The number of benzene rings is 4. The first kappa shape index (κ1) is 26.2. The van der Waals surface area contributed by atoms with E-state index in [4.69, 9.17) is 9.97 Å². The highest BCUT2D eigenvalue weighted by atomic mass is 32.2. The number of fused-ring (bicyclic) bond motifs is 2. The van der Waals surface area contributed by atoms with Gasteiger partial charge in [-0.1, -0.05) is 60.7 Å². The number of anilines is 3. The van der Waals surface area contributed by atoms with E-state index in [2.05, 4.69) is 15.4 Å². The van der Waals surface area contributed by atoms with Gasteiger partial charge in [0, 0.05) is 24.2 Å². The van der Waals surface area contributed by atoms with Crippen molar-refractivity contribution in [2.24, 2.45) is 11.8 Å². The van der Waals surface area contributed by atoms with Crippen molar-refractivity contribution in [3.8, 4) is 0 Å². The topological polar surface area (TPSA) is 96.0 Å². The number of sulfonamides is 1. The molecule has 0 atom stereocenters. The van der Waals surface area contributed by atoms with E-state index in [9.17, 15) is 8.42 Å². The minimum atomic E-state index is -3.54. The molecule has 1 aromatic heterocycles. The maximum absolute atomic E-state index is 12.9. The van der Waals surface area contributed by atoms with Gasteiger partial charge in [-0.2, -0.15) is 4.98 Å². The summed E-state index contributed by atoms with van der Waals surface area (Å²) in [4.78, 5) is 9.85. The van der Waals surface area contributed by atoms with Crippen LogP contribution in [-0.2, 0) is 10.0 Å². The lowest BCUT2D eigenvalue weighted by Gasteiger charge is -2.28. The standard InChI is InChI=1S/C32H33N5O2S/c38-40(39,28-19-18-25-8-4-5-9-26(25)20-28)34-22-24-16-14-23(15-17-24)21-33-32-36-30-13-7-6-12-29(30)31(37-32)35-27-10-2-1-3-11-27/h1-13,18-20,23-24,34H,14-17,21-22H2,(H2,33,35,36,37). The molecule has 6 rings (SSSR count). The molecule has 0 aliphatic heterocycles. The molecule has 8 heteroatoms. The number of aromatic nitrogens is 2. The molecule has 40 heavy (non-hydrogen) atoms. The van der Waals surface area contributed by atoms with E-state index in [0.717, 1.165) is 65.4 Å². The molecule has 7 nitrogen and oxygen atoms in total. The van der Waals surface area contributed by atoms with Crippen molar-refractivity contribution in [1.82, 2.24) is 14.7 Å². The van der Waals surface area contributed by atoms with E-state index in [1.807, 2.05) is 84.9 Å². The van der Waals surface area contributed by atoms with E-state index in [0.29, 0.717) is 29.2 Å². The summed E-state index contributed by atoms with van der Waals surface area (Å²) in [6.07, 6.45) is 4.06. The highest BCUT2D eigenvalue weighted by Gasteiger charge is 2.24. The number of nitrogens with zero attached hydrogens (tertiary/aromatic N) is 2. The van der Waals surface area contributed by atoms with E-state index >= 15 is 0 Å². The van der Waals surface area contributed by atoms with Crippen LogP contribution in [0.4, 0.5) is 17.5 Å². The molecule has 0 unspecified atom stereocenters. The van der Waals surface area contributed by atoms with Crippen LogP contribution in [0.25, 0.3) is 21.7 Å². The Hall–Kier alpha value is -4.01. The molecule has 1 fully saturated rings. The summed E-state index contributed by atoms with van der Waals surface area (Å²) in [5, 5.41) is 9.83. The summed E-state index contributed by atoms with van der Waals surface area (Å²) < 4.78 is 28.7. The Balaban J connectivity index is 1.03. The van der Waals surface area contributed by atoms with Crippen molar-refractivity contribution in [3.63, 3.8) is 0 Å². The normalized spacial score (nSPS) is 17.6. The highest BCUT2D eigenvalue weighted by molar-refractivity contribution is 7.89. The fourth-order valence-electron chi connectivity index (χ4n) is 5.43. The Labute approximate surface area is 235 Å². The fourth-order valence-corrected chi connectivity index (χ4v) is 6.58. The molecule has 1 aliphatic carbocycles. The van der Waals surface area contributed by atoms with Crippen molar-refractivity contribution in [2.75, 3.05) is 23.7 Å². The number of hydrogen-bond acceptors (Lipinski definition) is 6. The molecule has 1 aliphatic rings. The van der Waals surface area contributed by atoms with Crippen molar-refractivity contribution >= 4 is 49.2 Å². The molecule has 1 saturated carbocycles. The first-order valence-corrected chi connectivity index (χ1v) is 15.3. The third-order valence-electron chi connectivity index (χ3n) is 7.75. The summed E-state index contributed by atoms with van der Waals surface area (Å²) >= 11 is 0. The zero-order valence-electron chi connectivity index (χ0n) is 22.3. The monoisotopic (exact) mass is 551 g/mol. The van der Waals surface area contributed by atoms with Crippen LogP contribution in [0.1, 0.15) is 25.7 Å². The molecule has 0 amide bonds. The predicted molar refractivity (Wildman–Crippen MR) is 162 cm³/mol. The lowest BCUT2D eigenvalue weighted by molar-refractivity contribution is 0.284. The van der Waals surface area contributed by atoms with E-state index in [-0.39, 0.29) is 0 Å². The zero-order chi connectivity index (χ0) is 27.4. The number of nitrogens with one attached hydrogen (secondary N) is 3. The Kier molecular flexibility index (Phi) is 7.62. The Morgan fingerprint density at radius 1 is 0.700 bits per heavy atom. The SMILES string of the molecule is O=S(=O)(NCC1CCC(CNc2nc(Nc3ccccc3)c3ccccc3n2)CC1)c1ccc2ccccc2c1. The van der Waals surface area contributed by atoms with Crippen molar-refractivity contribution in [1.29, 1.82) is 0 Å². The second kappa shape index (κ2) is 11.6. The van der Waals surface area contributed by atoms with Gasteiger partial charge in [0.2, 0.25) is 16.0 Å². The average molecular weight is 552 g/mol. The third kappa shape index (κ3) is 6.08. The van der Waals surface area contributed by atoms with Gasteiger partial charge in [0.1, 0.15) is 5.82 Å². The van der Waals surface area contributed by atoms with Crippen LogP contribution >= 0.6 is 0 Å². The fraction of sp³-hybridized carbons (Fsp3) is 0.250. The summed E-state index contributed by atoms with van der Waals surface area (Å²) in [6, 6.07) is 31.1. The van der Waals surface area contributed by atoms with E-state index < -0.39 is 10.0 Å². The van der Waals surface area contributed by atoms with Gasteiger partial charge >= 0.3 is 0 Å². The van der Waals surface area contributed by atoms with Crippen molar-refractivity contribution < 1.29 is 8.42 Å². The smallest absolute Gasteiger partial charge is 0.240 e. The largest absolute Gasteiger partial charge is 0.354 e. The summed E-state index contributed by atoms with van der Waals surface area (Å²) in [5.41, 5.74) is 1.87. The maximum Gasteiger partial charge on any atom is 0.240 e. The van der Waals surface area contributed by atoms with Crippen LogP contribution in [0.15, 0.2) is 102 Å². The molecular formula is C32H33N5O2S. The number of para-hydroxylation sites is 2. The molecule has 0 saturated heterocycles. The Morgan fingerprint density at radius 2 is 1.38 bits per heavy atom. The second-order valence-corrected chi connectivity index (χ2v) is 12.3. The lowest BCUT2D eigenvalue weighted by atomic mass is 9.82. The first-order valence-electron chi connectivity index (χ1n) is 13.8. The van der Waals surface area contributed by atoms with Gasteiger partial charge in [-0.15, -0.1) is 0 Å². The third-order valence-corrected chi connectivity index (χ3v) is 9.17. The quantitative estimate of drug-likeness (QED) is 0.188. The van der Waals surface area contributed by atoms with Gasteiger partial charge in [-0.25, -0.2) is 18.1 Å². The molecular weight excluding hydrogens is 518 g/mol. The first-order chi connectivity index (χ1) is 19.5. The minimum absolute atomic E-state index is 0.320. The second-order valence-electron chi connectivity index (χ2n) is 10.5. The Bertz CT molecular complexity index is 1720. The zero-order valence-corrected chi connectivity index (χ0v) is 23.1. The Morgan fingerprint density at radius 3 is 2.17 bits per heavy atom. The molecule has 0 radical (unpaired) electrons. The van der Waals surface area contributed by atoms with E-state index in [1.54, 1.807) is 12.1 Å². The molecule has 0 bridgehead atoms. The maximum atomic E-state index is 12.9. The van der Waals surface area contributed by atoms with Crippen LogP contribution in [0, 0.1) is 11.8 Å². The minimum Gasteiger partial charge on any atom is -0.354 e. The molecule has 3 N–H and O–H groups in total. The van der Waals surface area contributed by atoms with Crippen LogP contribution in [0.3, 0.4) is 0 Å². The molecule has 5 aromatic rings. The average Bonchev–Trinajstić information content (AvgIpc) is 3.00. The summed E-state index contributed by atoms with van der Waals surface area (Å²) in [6.45, 7) is 1.26. The summed E-state index contributed by atoms with van der Waals surface area (Å²) in [7, 11) is -3.54.